The van der Waals surface area contributed by atoms with Crippen molar-refractivity contribution in [2.45, 2.75) is 45.2 Å². The van der Waals surface area contributed by atoms with Crippen LogP contribution in [-0.4, -0.2) is 43.0 Å². The third kappa shape index (κ3) is 4.49. The Labute approximate surface area is 98.6 Å². The lowest BCUT2D eigenvalue weighted by Crippen LogP contribution is -2.41. The molecule has 0 heterocycles. The molecule has 0 bridgehead atoms. The van der Waals surface area contributed by atoms with E-state index in [1.807, 2.05) is 6.92 Å². The number of nitrogens with two attached hydrogens (primary N) is 1. The quantitative estimate of drug-likeness (QED) is 0.668. The van der Waals surface area contributed by atoms with Crippen LogP contribution in [0.1, 0.15) is 33.1 Å². The minimum absolute atomic E-state index is 0.119. The maximum absolute atomic E-state index is 11.5. The van der Waals surface area contributed by atoms with Gasteiger partial charge in [-0.3, -0.25) is 9.69 Å². The van der Waals surface area contributed by atoms with Gasteiger partial charge in [0.25, 0.3) is 0 Å². The molecule has 3 N–H and O–H groups in total. The Bertz CT molecular complexity index is 228. The molecule has 1 fully saturated rings. The number of rotatable bonds is 7. The molecule has 0 aromatic carbocycles. The molecule has 4 nitrogen and oxygen atoms in total. The van der Waals surface area contributed by atoms with E-state index >= 15 is 0 Å². The first kappa shape index (κ1) is 13.5. The van der Waals surface area contributed by atoms with Gasteiger partial charge in [-0.05, 0) is 39.3 Å². The molecule has 2 atom stereocenters. The second-order valence-electron chi connectivity index (χ2n) is 5.09. The molecule has 1 aliphatic carbocycles. The van der Waals surface area contributed by atoms with Crippen LogP contribution in [0.4, 0.5) is 0 Å². The summed E-state index contributed by atoms with van der Waals surface area (Å²) in [5, 5.41) is 2.98. The van der Waals surface area contributed by atoms with E-state index in [2.05, 4.69) is 24.2 Å². The third-order valence-corrected chi connectivity index (χ3v) is 3.35. The molecule has 0 aromatic heterocycles. The van der Waals surface area contributed by atoms with Crippen molar-refractivity contribution in [2.75, 3.05) is 20.1 Å². The summed E-state index contributed by atoms with van der Waals surface area (Å²) in [6.45, 7) is 5.47. The van der Waals surface area contributed by atoms with Gasteiger partial charge in [-0.15, -0.1) is 0 Å². The van der Waals surface area contributed by atoms with Crippen LogP contribution in [0.15, 0.2) is 0 Å². The van der Waals surface area contributed by atoms with Crippen molar-refractivity contribution in [3.63, 3.8) is 0 Å². The minimum Gasteiger partial charge on any atom is -0.355 e. The zero-order chi connectivity index (χ0) is 12.1. The summed E-state index contributed by atoms with van der Waals surface area (Å²) in [5.41, 5.74) is 5.48. The van der Waals surface area contributed by atoms with Crippen molar-refractivity contribution < 1.29 is 4.79 Å². The van der Waals surface area contributed by atoms with E-state index < -0.39 is 0 Å². The number of likely N-dealkylation sites (N-methyl/N-ethyl adjacent to an activating group) is 1. The molecule has 0 radical (unpaired) electrons. The standard InChI is InChI=1S/C12H25N3O/c1-9(7-13)6-12(16)14-8-10(2)15(3)11-4-5-11/h9-11H,4-8,13H2,1-3H3,(H,14,16). The van der Waals surface area contributed by atoms with Crippen LogP contribution >= 0.6 is 0 Å². The van der Waals surface area contributed by atoms with Gasteiger partial charge in [-0.25, -0.2) is 0 Å². The molecule has 0 saturated heterocycles. The van der Waals surface area contributed by atoms with Gasteiger partial charge >= 0.3 is 0 Å². The lowest BCUT2D eigenvalue weighted by Gasteiger charge is -2.24. The molecule has 1 rings (SSSR count). The fraction of sp³-hybridized carbons (Fsp3) is 0.917. The largest absolute Gasteiger partial charge is 0.355 e. The highest BCUT2D eigenvalue weighted by Gasteiger charge is 2.29. The number of carbonyl (C=O) groups excluding carboxylic acids is 1. The topological polar surface area (TPSA) is 58.4 Å². The lowest BCUT2D eigenvalue weighted by atomic mass is 10.1. The Kier molecular flexibility index (Phi) is 5.22. The summed E-state index contributed by atoms with van der Waals surface area (Å²) in [5.74, 6) is 0.394. The summed E-state index contributed by atoms with van der Waals surface area (Å²) < 4.78 is 0. The van der Waals surface area contributed by atoms with E-state index in [4.69, 9.17) is 5.73 Å². The molecule has 0 aromatic rings. The Morgan fingerprint density at radius 2 is 2.12 bits per heavy atom. The molecular formula is C12H25N3O. The first-order valence-corrected chi connectivity index (χ1v) is 6.23. The normalized spacial score (nSPS) is 19.6. The molecule has 1 saturated carbocycles. The molecule has 94 valence electrons. The molecule has 0 spiro atoms. The van der Waals surface area contributed by atoms with Crippen LogP contribution in [0.25, 0.3) is 0 Å². The summed E-state index contributed by atoms with van der Waals surface area (Å²) in [4.78, 5) is 13.9. The number of amides is 1. The highest BCUT2D eigenvalue weighted by atomic mass is 16.1. The molecule has 2 unspecified atom stereocenters. The van der Waals surface area contributed by atoms with Crippen molar-refractivity contribution in [1.29, 1.82) is 0 Å². The van der Waals surface area contributed by atoms with Crippen LogP contribution in [0.5, 0.6) is 0 Å². The van der Waals surface area contributed by atoms with Crippen molar-refractivity contribution >= 4 is 5.91 Å². The first-order chi connectivity index (χ1) is 7.54. The maximum atomic E-state index is 11.5. The summed E-state index contributed by atoms with van der Waals surface area (Å²) in [6.07, 6.45) is 3.15. The second kappa shape index (κ2) is 6.21. The van der Waals surface area contributed by atoms with Gasteiger partial charge in [0, 0.05) is 25.0 Å². The van der Waals surface area contributed by atoms with Crippen molar-refractivity contribution in [2.24, 2.45) is 11.7 Å². The fourth-order valence-electron chi connectivity index (χ4n) is 1.72. The van der Waals surface area contributed by atoms with E-state index in [0.29, 0.717) is 19.0 Å². The summed E-state index contributed by atoms with van der Waals surface area (Å²) >= 11 is 0. The van der Waals surface area contributed by atoms with E-state index in [9.17, 15) is 4.79 Å². The predicted molar refractivity (Wildman–Crippen MR) is 66.1 cm³/mol. The fourth-order valence-corrected chi connectivity index (χ4v) is 1.72. The molecule has 4 heteroatoms. The summed E-state index contributed by atoms with van der Waals surface area (Å²) in [7, 11) is 2.14. The van der Waals surface area contributed by atoms with Gasteiger partial charge in [0.1, 0.15) is 0 Å². The minimum atomic E-state index is 0.119. The van der Waals surface area contributed by atoms with Crippen molar-refractivity contribution in [3.8, 4) is 0 Å². The molecule has 0 aliphatic heterocycles. The third-order valence-electron chi connectivity index (χ3n) is 3.35. The van der Waals surface area contributed by atoms with E-state index in [0.717, 1.165) is 12.6 Å². The number of nitrogens with one attached hydrogen (secondary N) is 1. The van der Waals surface area contributed by atoms with Gasteiger partial charge in [-0.1, -0.05) is 6.92 Å². The van der Waals surface area contributed by atoms with Gasteiger partial charge in [0.05, 0.1) is 0 Å². The first-order valence-electron chi connectivity index (χ1n) is 6.23. The Balaban J connectivity index is 2.15. The van der Waals surface area contributed by atoms with Crippen LogP contribution < -0.4 is 11.1 Å². The number of hydrogen-bond donors (Lipinski definition) is 2. The number of nitrogens with zero attached hydrogens (tertiary/aromatic N) is 1. The van der Waals surface area contributed by atoms with Crippen LogP contribution in [0.3, 0.4) is 0 Å². The maximum Gasteiger partial charge on any atom is 0.220 e. The Morgan fingerprint density at radius 1 is 1.50 bits per heavy atom. The van der Waals surface area contributed by atoms with Gasteiger partial charge < -0.3 is 11.1 Å². The molecule has 1 aliphatic rings. The number of hydrogen-bond acceptors (Lipinski definition) is 3. The smallest absolute Gasteiger partial charge is 0.220 e. The lowest BCUT2D eigenvalue weighted by molar-refractivity contribution is -0.122. The van der Waals surface area contributed by atoms with Crippen molar-refractivity contribution in [3.05, 3.63) is 0 Å². The van der Waals surface area contributed by atoms with Crippen LogP contribution in [0.2, 0.25) is 0 Å². The monoisotopic (exact) mass is 227 g/mol. The van der Waals surface area contributed by atoms with Crippen LogP contribution in [0, 0.1) is 5.92 Å². The summed E-state index contributed by atoms with van der Waals surface area (Å²) in [6, 6.07) is 1.17. The van der Waals surface area contributed by atoms with E-state index in [1.165, 1.54) is 12.8 Å². The van der Waals surface area contributed by atoms with Crippen LogP contribution in [-0.2, 0) is 4.79 Å². The molecule has 1 amide bonds. The Morgan fingerprint density at radius 3 is 2.62 bits per heavy atom. The van der Waals surface area contributed by atoms with Gasteiger partial charge in [0.15, 0.2) is 0 Å². The second-order valence-corrected chi connectivity index (χ2v) is 5.09. The average molecular weight is 227 g/mol. The zero-order valence-electron chi connectivity index (χ0n) is 10.7. The highest BCUT2D eigenvalue weighted by molar-refractivity contribution is 5.76. The van der Waals surface area contributed by atoms with Gasteiger partial charge in [-0.2, -0.15) is 0 Å². The molecular weight excluding hydrogens is 202 g/mol. The molecule has 16 heavy (non-hydrogen) atoms. The zero-order valence-corrected chi connectivity index (χ0v) is 10.7. The van der Waals surface area contributed by atoms with Crippen molar-refractivity contribution in [1.82, 2.24) is 10.2 Å². The number of carbonyl (C=O) groups is 1. The average Bonchev–Trinajstić information content (AvgIpc) is 3.08. The van der Waals surface area contributed by atoms with E-state index in [1.54, 1.807) is 0 Å². The predicted octanol–water partition coefficient (Wildman–Crippen LogP) is 0.570. The SMILES string of the molecule is CC(CN)CC(=O)NCC(C)N(C)C1CC1. The Hall–Kier alpha value is -0.610. The van der Waals surface area contributed by atoms with Gasteiger partial charge in [0.2, 0.25) is 5.91 Å². The van der Waals surface area contributed by atoms with E-state index in [-0.39, 0.29) is 11.8 Å². The highest BCUT2D eigenvalue weighted by Crippen LogP contribution is 2.26.